The highest BCUT2D eigenvalue weighted by Crippen LogP contribution is 2.30. The molecule has 4 rings (SSSR count). The molecule has 0 saturated carbocycles. The molecule has 20 heavy (non-hydrogen) atoms. The normalized spacial score (nSPS) is 11.4. The molecule has 0 amide bonds. The molecule has 0 atom stereocenters. The summed E-state index contributed by atoms with van der Waals surface area (Å²) in [5.74, 6) is -0.969. The first-order valence-corrected chi connectivity index (χ1v) is 6.29. The second kappa shape index (κ2) is 3.84. The molecule has 4 aromatic rings. The van der Waals surface area contributed by atoms with Crippen molar-refractivity contribution in [2.45, 2.75) is 0 Å². The van der Waals surface area contributed by atoms with Crippen LogP contribution in [0, 0.1) is 0 Å². The zero-order chi connectivity index (χ0) is 13.7. The van der Waals surface area contributed by atoms with Gasteiger partial charge in [-0.1, -0.05) is 24.3 Å². The SMILES string of the molecule is O=C(O)c1coc2cc3cc4ccccc4cc3cc12. The van der Waals surface area contributed by atoms with E-state index in [9.17, 15) is 4.79 Å². The van der Waals surface area contributed by atoms with Crippen LogP contribution in [0.2, 0.25) is 0 Å². The summed E-state index contributed by atoms with van der Waals surface area (Å²) in [5.41, 5.74) is 0.806. The van der Waals surface area contributed by atoms with Crippen LogP contribution in [0.1, 0.15) is 10.4 Å². The lowest BCUT2D eigenvalue weighted by Crippen LogP contribution is -1.93. The summed E-state index contributed by atoms with van der Waals surface area (Å²) in [5, 5.41) is 14.1. The fourth-order valence-corrected chi connectivity index (χ4v) is 2.63. The summed E-state index contributed by atoms with van der Waals surface area (Å²) in [6, 6.07) is 16.0. The average molecular weight is 262 g/mol. The van der Waals surface area contributed by atoms with Crippen LogP contribution in [0.4, 0.5) is 0 Å². The van der Waals surface area contributed by atoms with Gasteiger partial charge < -0.3 is 9.52 Å². The summed E-state index contributed by atoms with van der Waals surface area (Å²) in [4.78, 5) is 11.2. The second-order valence-electron chi connectivity index (χ2n) is 4.85. The molecule has 1 heterocycles. The van der Waals surface area contributed by atoms with Gasteiger partial charge in [-0.05, 0) is 45.8 Å². The van der Waals surface area contributed by atoms with Crippen LogP contribution in [-0.2, 0) is 0 Å². The summed E-state index contributed by atoms with van der Waals surface area (Å²) in [7, 11) is 0. The average Bonchev–Trinajstić information content (AvgIpc) is 2.85. The quantitative estimate of drug-likeness (QED) is 0.516. The number of carboxylic acid groups (broad SMARTS) is 1. The number of benzene rings is 3. The van der Waals surface area contributed by atoms with Gasteiger partial charge in [0.2, 0.25) is 0 Å². The van der Waals surface area contributed by atoms with Crippen LogP contribution in [0.15, 0.2) is 59.2 Å². The number of fused-ring (bicyclic) bond motifs is 3. The Morgan fingerprint density at radius 3 is 2.20 bits per heavy atom. The molecule has 3 nitrogen and oxygen atoms in total. The molecule has 0 radical (unpaired) electrons. The van der Waals surface area contributed by atoms with E-state index in [0.717, 1.165) is 21.5 Å². The van der Waals surface area contributed by atoms with E-state index >= 15 is 0 Å². The van der Waals surface area contributed by atoms with E-state index in [1.54, 1.807) is 0 Å². The van der Waals surface area contributed by atoms with Crippen molar-refractivity contribution in [3.8, 4) is 0 Å². The van der Waals surface area contributed by atoms with Crippen LogP contribution in [0.5, 0.6) is 0 Å². The zero-order valence-corrected chi connectivity index (χ0v) is 10.5. The van der Waals surface area contributed by atoms with Crippen molar-refractivity contribution in [1.82, 2.24) is 0 Å². The van der Waals surface area contributed by atoms with Gasteiger partial charge in [0.1, 0.15) is 17.4 Å². The largest absolute Gasteiger partial charge is 0.478 e. The van der Waals surface area contributed by atoms with Crippen LogP contribution in [-0.4, -0.2) is 11.1 Å². The van der Waals surface area contributed by atoms with E-state index in [-0.39, 0.29) is 5.56 Å². The highest BCUT2D eigenvalue weighted by Gasteiger charge is 2.13. The van der Waals surface area contributed by atoms with Crippen LogP contribution in [0.25, 0.3) is 32.5 Å². The van der Waals surface area contributed by atoms with Crippen molar-refractivity contribution in [3.63, 3.8) is 0 Å². The molecule has 3 aromatic carbocycles. The third-order valence-corrected chi connectivity index (χ3v) is 3.63. The van der Waals surface area contributed by atoms with Gasteiger partial charge in [-0.25, -0.2) is 4.79 Å². The summed E-state index contributed by atoms with van der Waals surface area (Å²) < 4.78 is 5.35. The Hall–Kier alpha value is -2.81. The predicted octanol–water partition coefficient (Wildman–Crippen LogP) is 4.44. The van der Waals surface area contributed by atoms with E-state index in [1.807, 2.05) is 30.3 Å². The standard InChI is InChI=1S/C17H10O3/c18-17(19)15-9-20-16-8-13-6-11-4-2-1-3-10(11)5-12(13)7-14(15)16/h1-9H,(H,18,19). The lowest BCUT2D eigenvalue weighted by Gasteiger charge is -2.02. The Bertz CT molecular complexity index is 979. The third kappa shape index (κ3) is 1.50. The minimum atomic E-state index is -0.969. The Labute approximate surface area is 114 Å². The lowest BCUT2D eigenvalue weighted by atomic mass is 10.0. The zero-order valence-electron chi connectivity index (χ0n) is 10.5. The fourth-order valence-electron chi connectivity index (χ4n) is 2.63. The molecule has 0 aliphatic rings. The highest BCUT2D eigenvalue weighted by molar-refractivity contribution is 6.09. The molecular formula is C17H10O3. The van der Waals surface area contributed by atoms with Gasteiger partial charge in [0.25, 0.3) is 0 Å². The number of aromatic carboxylic acids is 1. The van der Waals surface area contributed by atoms with Crippen molar-refractivity contribution in [3.05, 3.63) is 60.4 Å². The Balaban J connectivity index is 2.14. The first kappa shape index (κ1) is 11.1. The number of furan rings is 1. The number of carboxylic acids is 1. The van der Waals surface area contributed by atoms with Crippen molar-refractivity contribution >= 4 is 38.5 Å². The molecule has 0 bridgehead atoms. The molecule has 0 unspecified atom stereocenters. The molecule has 0 saturated heterocycles. The summed E-state index contributed by atoms with van der Waals surface area (Å²) in [6.07, 6.45) is 1.30. The Morgan fingerprint density at radius 2 is 1.55 bits per heavy atom. The van der Waals surface area contributed by atoms with Gasteiger partial charge in [-0.3, -0.25) is 0 Å². The first-order valence-electron chi connectivity index (χ1n) is 6.29. The third-order valence-electron chi connectivity index (χ3n) is 3.63. The molecule has 1 N–H and O–H groups in total. The topological polar surface area (TPSA) is 50.4 Å². The summed E-state index contributed by atoms with van der Waals surface area (Å²) in [6.45, 7) is 0. The first-order chi connectivity index (χ1) is 9.72. The Morgan fingerprint density at radius 1 is 0.900 bits per heavy atom. The van der Waals surface area contributed by atoms with E-state index in [1.165, 1.54) is 6.26 Å². The van der Waals surface area contributed by atoms with Gasteiger partial charge in [-0.2, -0.15) is 0 Å². The molecule has 0 spiro atoms. The molecule has 0 fully saturated rings. The maximum atomic E-state index is 11.2. The molecule has 0 aliphatic carbocycles. The van der Waals surface area contributed by atoms with Gasteiger partial charge in [0.15, 0.2) is 0 Å². The van der Waals surface area contributed by atoms with Gasteiger partial charge in [0, 0.05) is 5.39 Å². The molecule has 96 valence electrons. The lowest BCUT2D eigenvalue weighted by molar-refractivity contribution is 0.0698. The van der Waals surface area contributed by atoms with Gasteiger partial charge in [-0.15, -0.1) is 0 Å². The smallest absolute Gasteiger partial charge is 0.339 e. The number of hydrogen-bond acceptors (Lipinski definition) is 2. The number of rotatable bonds is 1. The van der Waals surface area contributed by atoms with E-state index in [4.69, 9.17) is 9.52 Å². The van der Waals surface area contributed by atoms with Crippen molar-refractivity contribution in [2.75, 3.05) is 0 Å². The van der Waals surface area contributed by atoms with Crippen LogP contribution < -0.4 is 0 Å². The van der Waals surface area contributed by atoms with Crippen molar-refractivity contribution < 1.29 is 14.3 Å². The van der Waals surface area contributed by atoms with Gasteiger partial charge in [0.05, 0.1) is 0 Å². The molecule has 0 aliphatic heterocycles. The summed E-state index contributed by atoms with van der Waals surface area (Å²) >= 11 is 0. The molecule has 1 aromatic heterocycles. The second-order valence-corrected chi connectivity index (χ2v) is 4.85. The highest BCUT2D eigenvalue weighted by atomic mass is 16.4. The monoisotopic (exact) mass is 262 g/mol. The molecular weight excluding hydrogens is 252 g/mol. The van der Waals surface area contributed by atoms with E-state index in [0.29, 0.717) is 11.0 Å². The van der Waals surface area contributed by atoms with Crippen LogP contribution in [0.3, 0.4) is 0 Å². The maximum absolute atomic E-state index is 11.2. The number of carbonyl (C=O) groups is 1. The van der Waals surface area contributed by atoms with E-state index < -0.39 is 5.97 Å². The van der Waals surface area contributed by atoms with E-state index in [2.05, 4.69) is 18.2 Å². The minimum Gasteiger partial charge on any atom is -0.478 e. The van der Waals surface area contributed by atoms with Crippen molar-refractivity contribution in [1.29, 1.82) is 0 Å². The van der Waals surface area contributed by atoms with Crippen molar-refractivity contribution in [2.24, 2.45) is 0 Å². The van der Waals surface area contributed by atoms with Crippen LogP contribution >= 0.6 is 0 Å². The minimum absolute atomic E-state index is 0.204. The van der Waals surface area contributed by atoms with Gasteiger partial charge >= 0.3 is 5.97 Å². The molecule has 3 heteroatoms. The maximum Gasteiger partial charge on any atom is 0.339 e. The fraction of sp³-hybridized carbons (Fsp3) is 0. The predicted molar refractivity (Wildman–Crippen MR) is 78.2 cm³/mol. The Kier molecular flexibility index (Phi) is 2.12. The number of hydrogen-bond donors (Lipinski definition) is 1.